The molecule has 0 unspecified atom stereocenters. The molecule has 0 atom stereocenters. The summed E-state index contributed by atoms with van der Waals surface area (Å²) in [6.07, 6.45) is 2.75. The summed E-state index contributed by atoms with van der Waals surface area (Å²) in [4.78, 5) is 14.3. The lowest BCUT2D eigenvalue weighted by Gasteiger charge is -2.16. The number of carboxylic acid groups (broad SMARTS) is 1. The normalized spacial score (nSPS) is 11.2. The number of aromatic carboxylic acids is 1. The van der Waals surface area contributed by atoms with Gasteiger partial charge < -0.3 is 9.52 Å². The molecule has 0 bridgehead atoms. The van der Waals surface area contributed by atoms with E-state index in [1.807, 2.05) is 13.8 Å². The molecule has 1 rings (SSSR count). The number of allylic oxidation sites excluding steroid dienone is 1. The van der Waals surface area contributed by atoms with E-state index in [9.17, 15) is 4.79 Å². The Hall–Kier alpha value is -1.58. The predicted octanol–water partition coefficient (Wildman–Crippen LogP) is 1.84. The third-order valence-electron chi connectivity index (χ3n) is 1.87. The first-order valence-electron chi connectivity index (χ1n) is 3.80. The number of aromatic nitrogens is 1. The fourth-order valence-corrected chi connectivity index (χ4v) is 0.948. The molecule has 0 spiro atoms. The number of carboxylic acids is 1. The number of rotatable bonds is 3. The fraction of sp³-hybridized carbons (Fsp3) is 0.333. The SMILES string of the molecule is C=CC(C)(C)c1ocnc1C(=O)O. The maximum Gasteiger partial charge on any atom is 0.358 e. The highest BCUT2D eigenvalue weighted by molar-refractivity contribution is 5.86. The molecule has 4 heteroatoms. The Bertz CT molecular complexity index is 338. The summed E-state index contributed by atoms with van der Waals surface area (Å²) in [5.74, 6) is -0.756. The monoisotopic (exact) mass is 181 g/mol. The number of nitrogens with zero attached hydrogens (tertiary/aromatic N) is 1. The van der Waals surface area contributed by atoms with Crippen molar-refractivity contribution in [1.82, 2.24) is 4.98 Å². The molecule has 4 nitrogen and oxygen atoms in total. The lowest BCUT2D eigenvalue weighted by Crippen LogP contribution is -2.16. The summed E-state index contributed by atoms with van der Waals surface area (Å²) in [6, 6.07) is 0. The molecule has 0 fully saturated rings. The van der Waals surface area contributed by atoms with Crippen LogP contribution in [0, 0.1) is 0 Å². The Morgan fingerprint density at radius 3 is 2.85 bits per heavy atom. The van der Waals surface area contributed by atoms with Gasteiger partial charge in [-0.15, -0.1) is 6.58 Å². The average molecular weight is 181 g/mol. The smallest absolute Gasteiger partial charge is 0.358 e. The van der Waals surface area contributed by atoms with Crippen LogP contribution < -0.4 is 0 Å². The van der Waals surface area contributed by atoms with E-state index in [-0.39, 0.29) is 5.69 Å². The molecule has 0 aliphatic carbocycles. The van der Waals surface area contributed by atoms with Crippen LogP contribution in [0.2, 0.25) is 0 Å². The van der Waals surface area contributed by atoms with Crippen molar-refractivity contribution in [3.8, 4) is 0 Å². The van der Waals surface area contributed by atoms with Crippen molar-refractivity contribution in [1.29, 1.82) is 0 Å². The van der Waals surface area contributed by atoms with Crippen molar-refractivity contribution in [3.05, 3.63) is 30.5 Å². The van der Waals surface area contributed by atoms with E-state index in [4.69, 9.17) is 9.52 Å². The van der Waals surface area contributed by atoms with Crippen LogP contribution in [-0.2, 0) is 5.41 Å². The van der Waals surface area contributed by atoms with Gasteiger partial charge in [-0.1, -0.05) is 6.08 Å². The van der Waals surface area contributed by atoms with E-state index in [1.54, 1.807) is 6.08 Å². The largest absolute Gasteiger partial charge is 0.476 e. The molecule has 0 aromatic carbocycles. The summed E-state index contributed by atoms with van der Waals surface area (Å²) in [7, 11) is 0. The Balaban J connectivity index is 3.22. The minimum absolute atomic E-state index is 0.0510. The Labute approximate surface area is 75.9 Å². The van der Waals surface area contributed by atoms with Crippen LogP contribution in [0.5, 0.6) is 0 Å². The molecule has 0 amide bonds. The molecule has 0 saturated heterocycles. The van der Waals surface area contributed by atoms with Crippen molar-refractivity contribution < 1.29 is 14.3 Å². The molecular formula is C9H11NO3. The molecule has 1 aromatic rings. The minimum atomic E-state index is -1.08. The van der Waals surface area contributed by atoms with Gasteiger partial charge in [0.1, 0.15) is 5.76 Å². The van der Waals surface area contributed by atoms with Gasteiger partial charge in [-0.25, -0.2) is 9.78 Å². The predicted molar refractivity (Wildman–Crippen MR) is 46.7 cm³/mol. The zero-order valence-corrected chi connectivity index (χ0v) is 7.57. The summed E-state index contributed by atoms with van der Waals surface area (Å²) in [5.41, 5.74) is -0.561. The maximum atomic E-state index is 10.7. The summed E-state index contributed by atoms with van der Waals surface area (Å²) >= 11 is 0. The van der Waals surface area contributed by atoms with Gasteiger partial charge in [0.2, 0.25) is 0 Å². The Kier molecular flexibility index (Phi) is 2.23. The zero-order chi connectivity index (χ0) is 10.1. The second-order valence-corrected chi connectivity index (χ2v) is 3.26. The van der Waals surface area contributed by atoms with E-state index >= 15 is 0 Å². The highest BCUT2D eigenvalue weighted by Crippen LogP contribution is 2.26. The van der Waals surface area contributed by atoms with Crippen LogP contribution in [-0.4, -0.2) is 16.1 Å². The van der Waals surface area contributed by atoms with Crippen molar-refractivity contribution in [2.75, 3.05) is 0 Å². The molecule has 1 heterocycles. The average Bonchev–Trinajstić information content (AvgIpc) is 2.52. The standard InChI is InChI=1S/C9H11NO3/c1-4-9(2,3)7-6(8(11)12)10-5-13-7/h4-5H,1H2,2-3H3,(H,11,12). The van der Waals surface area contributed by atoms with Gasteiger partial charge in [0, 0.05) is 5.41 Å². The topological polar surface area (TPSA) is 63.3 Å². The molecule has 0 radical (unpaired) electrons. The summed E-state index contributed by atoms with van der Waals surface area (Å²) in [5, 5.41) is 8.76. The van der Waals surface area contributed by atoms with Gasteiger partial charge >= 0.3 is 5.97 Å². The molecule has 1 N–H and O–H groups in total. The summed E-state index contributed by atoms with van der Waals surface area (Å²) < 4.78 is 5.02. The van der Waals surface area contributed by atoms with Crippen molar-refractivity contribution in [2.24, 2.45) is 0 Å². The molecule has 0 aliphatic rings. The lowest BCUT2D eigenvalue weighted by molar-refractivity contribution is 0.0687. The van der Waals surface area contributed by atoms with E-state index < -0.39 is 11.4 Å². The number of hydrogen-bond donors (Lipinski definition) is 1. The summed E-state index contributed by atoms with van der Waals surface area (Å²) in [6.45, 7) is 7.23. The third kappa shape index (κ3) is 1.61. The van der Waals surface area contributed by atoms with Crippen molar-refractivity contribution in [2.45, 2.75) is 19.3 Å². The zero-order valence-electron chi connectivity index (χ0n) is 7.57. The highest BCUT2D eigenvalue weighted by Gasteiger charge is 2.28. The van der Waals surface area contributed by atoms with E-state index in [2.05, 4.69) is 11.6 Å². The minimum Gasteiger partial charge on any atom is -0.476 e. The first kappa shape index (κ1) is 9.51. The quantitative estimate of drug-likeness (QED) is 0.722. The van der Waals surface area contributed by atoms with Gasteiger partial charge in [0.05, 0.1) is 0 Å². The number of oxazole rings is 1. The van der Waals surface area contributed by atoms with E-state index in [0.717, 1.165) is 6.39 Å². The van der Waals surface area contributed by atoms with Gasteiger partial charge in [-0.3, -0.25) is 0 Å². The molecule has 0 saturated carbocycles. The molecule has 13 heavy (non-hydrogen) atoms. The second-order valence-electron chi connectivity index (χ2n) is 3.26. The van der Waals surface area contributed by atoms with Gasteiger partial charge in [0.25, 0.3) is 0 Å². The third-order valence-corrected chi connectivity index (χ3v) is 1.87. The first-order valence-corrected chi connectivity index (χ1v) is 3.80. The van der Waals surface area contributed by atoms with Crippen LogP contribution >= 0.6 is 0 Å². The highest BCUT2D eigenvalue weighted by atomic mass is 16.4. The first-order chi connectivity index (χ1) is 5.99. The second kappa shape index (κ2) is 3.05. The van der Waals surface area contributed by atoms with E-state index in [0.29, 0.717) is 5.76 Å². The van der Waals surface area contributed by atoms with Crippen LogP contribution in [0.25, 0.3) is 0 Å². The van der Waals surface area contributed by atoms with Crippen molar-refractivity contribution >= 4 is 5.97 Å². The molecule has 0 aliphatic heterocycles. The Morgan fingerprint density at radius 1 is 1.77 bits per heavy atom. The Morgan fingerprint density at radius 2 is 2.38 bits per heavy atom. The number of carbonyl (C=O) groups is 1. The molecular weight excluding hydrogens is 170 g/mol. The molecule has 70 valence electrons. The van der Waals surface area contributed by atoms with E-state index in [1.165, 1.54) is 0 Å². The van der Waals surface area contributed by atoms with Crippen LogP contribution in [0.4, 0.5) is 0 Å². The lowest BCUT2D eigenvalue weighted by atomic mass is 9.89. The van der Waals surface area contributed by atoms with Gasteiger partial charge in [-0.2, -0.15) is 0 Å². The van der Waals surface area contributed by atoms with Gasteiger partial charge in [-0.05, 0) is 13.8 Å². The maximum absolute atomic E-state index is 10.7. The van der Waals surface area contributed by atoms with Crippen LogP contribution in [0.3, 0.4) is 0 Å². The van der Waals surface area contributed by atoms with Gasteiger partial charge in [0.15, 0.2) is 12.1 Å². The van der Waals surface area contributed by atoms with Crippen molar-refractivity contribution in [3.63, 3.8) is 0 Å². The molecule has 1 aromatic heterocycles. The van der Waals surface area contributed by atoms with Crippen LogP contribution in [0.1, 0.15) is 30.1 Å². The van der Waals surface area contributed by atoms with Crippen LogP contribution in [0.15, 0.2) is 23.5 Å². The fourth-order valence-electron chi connectivity index (χ4n) is 0.948. The number of hydrogen-bond acceptors (Lipinski definition) is 3.